The second-order valence-electron chi connectivity index (χ2n) is 3.86. The van der Waals surface area contributed by atoms with E-state index in [4.69, 9.17) is 4.84 Å². The van der Waals surface area contributed by atoms with Crippen LogP contribution in [0.5, 0.6) is 0 Å². The van der Waals surface area contributed by atoms with Crippen LogP contribution in [0.3, 0.4) is 0 Å². The molecule has 0 saturated carbocycles. The molecule has 0 atom stereocenters. The van der Waals surface area contributed by atoms with Crippen LogP contribution in [0.25, 0.3) is 0 Å². The lowest BCUT2D eigenvalue weighted by Gasteiger charge is -2.12. The van der Waals surface area contributed by atoms with Crippen LogP contribution < -0.4 is 0 Å². The van der Waals surface area contributed by atoms with E-state index in [0.717, 1.165) is 25.7 Å². The Morgan fingerprint density at radius 2 is 1.81 bits per heavy atom. The molecule has 1 heterocycles. The van der Waals surface area contributed by atoms with Crippen molar-refractivity contribution in [3.8, 4) is 0 Å². The fraction of sp³-hybridized carbons (Fsp3) is 0.727. The van der Waals surface area contributed by atoms with Crippen LogP contribution >= 0.6 is 0 Å². The van der Waals surface area contributed by atoms with Gasteiger partial charge < -0.3 is 4.84 Å². The van der Waals surface area contributed by atoms with Gasteiger partial charge in [0, 0.05) is 19.3 Å². The molecular weight excluding hydrogens is 210 g/mol. The quantitative estimate of drug-likeness (QED) is 0.510. The Balaban J connectivity index is 2.23. The third-order valence-electron chi connectivity index (χ3n) is 2.43. The maximum atomic E-state index is 11.3. The van der Waals surface area contributed by atoms with Gasteiger partial charge in [-0.25, -0.2) is 4.79 Å². The summed E-state index contributed by atoms with van der Waals surface area (Å²) in [6.45, 7) is 2.08. The Hall–Kier alpha value is -1.39. The van der Waals surface area contributed by atoms with Crippen LogP contribution in [-0.2, 0) is 19.2 Å². The highest BCUT2D eigenvalue weighted by atomic mass is 16.7. The summed E-state index contributed by atoms with van der Waals surface area (Å²) in [5.74, 6) is -1.35. The molecule has 1 rings (SSSR count). The Kier molecular flexibility index (Phi) is 4.95. The topological polar surface area (TPSA) is 63.7 Å². The number of carbonyl (C=O) groups is 3. The molecule has 5 nitrogen and oxygen atoms in total. The normalized spacial score (nSPS) is 15.7. The first-order chi connectivity index (χ1) is 7.65. The number of hydrogen-bond donors (Lipinski definition) is 0. The number of rotatable bonds is 6. The van der Waals surface area contributed by atoms with Crippen molar-refractivity contribution in [2.24, 2.45) is 0 Å². The summed E-state index contributed by atoms with van der Waals surface area (Å²) in [4.78, 5) is 38.2. The van der Waals surface area contributed by atoms with Gasteiger partial charge in [0.2, 0.25) is 0 Å². The van der Waals surface area contributed by atoms with Gasteiger partial charge in [-0.3, -0.25) is 9.59 Å². The van der Waals surface area contributed by atoms with Crippen molar-refractivity contribution in [1.82, 2.24) is 5.06 Å². The molecule has 0 bridgehead atoms. The monoisotopic (exact) mass is 227 g/mol. The molecule has 5 heteroatoms. The van der Waals surface area contributed by atoms with E-state index in [-0.39, 0.29) is 19.3 Å². The highest BCUT2D eigenvalue weighted by Crippen LogP contribution is 2.13. The Labute approximate surface area is 94.7 Å². The summed E-state index contributed by atoms with van der Waals surface area (Å²) in [7, 11) is 0. The first-order valence-electron chi connectivity index (χ1n) is 5.71. The largest absolute Gasteiger partial charge is 0.333 e. The van der Waals surface area contributed by atoms with Crippen LogP contribution in [0, 0.1) is 0 Å². The number of carbonyl (C=O) groups excluding carboxylic acids is 3. The summed E-state index contributed by atoms with van der Waals surface area (Å²) in [5, 5.41) is 0.599. The fourth-order valence-electron chi connectivity index (χ4n) is 1.50. The van der Waals surface area contributed by atoms with Gasteiger partial charge in [-0.05, 0) is 6.42 Å². The van der Waals surface area contributed by atoms with Gasteiger partial charge in [-0.2, -0.15) is 0 Å². The number of imide groups is 1. The zero-order valence-corrected chi connectivity index (χ0v) is 9.53. The molecule has 1 saturated heterocycles. The van der Waals surface area contributed by atoms with Crippen LogP contribution in [0.4, 0.5) is 0 Å². The average molecular weight is 227 g/mol. The molecule has 2 amide bonds. The molecule has 0 aliphatic carbocycles. The van der Waals surface area contributed by atoms with Crippen molar-refractivity contribution >= 4 is 17.8 Å². The van der Waals surface area contributed by atoms with Crippen molar-refractivity contribution < 1.29 is 19.2 Å². The zero-order valence-electron chi connectivity index (χ0n) is 9.53. The Bertz CT molecular complexity index is 272. The maximum absolute atomic E-state index is 11.3. The second-order valence-corrected chi connectivity index (χ2v) is 3.86. The molecule has 90 valence electrons. The summed E-state index contributed by atoms with van der Waals surface area (Å²) in [6.07, 6.45) is 4.42. The number of amides is 2. The predicted octanol–water partition coefficient (Wildman–Crippen LogP) is 1.56. The molecule has 0 aromatic heterocycles. The van der Waals surface area contributed by atoms with Gasteiger partial charge in [0.05, 0.1) is 0 Å². The van der Waals surface area contributed by atoms with E-state index in [2.05, 4.69) is 6.92 Å². The Morgan fingerprint density at radius 3 is 2.38 bits per heavy atom. The van der Waals surface area contributed by atoms with Crippen LogP contribution in [0.1, 0.15) is 51.9 Å². The molecular formula is C11H17NO4. The van der Waals surface area contributed by atoms with Crippen molar-refractivity contribution in [1.29, 1.82) is 0 Å². The highest BCUT2D eigenvalue weighted by Gasteiger charge is 2.32. The van der Waals surface area contributed by atoms with Gasteiger partial charge in [-0.1, -0.05) is 26.2 Å². The van der Waals surface area contributed by atoms with E-state index < -0.39 is 17.8 Å². The maximum Gasteiger partial charge on any atom is 0.333 e. The number of nitrogens with zero attached hydrogens (tertiary/aromatic N) is 1. The number of hydrogen-bond acceptors (Lipinski definition) is 4. The fourth-order valence-corrected chi connectivity index (χ4v) is 1.50. The van der Waals surface area contributed by atoms with Crippen LogP contribution in [0.15, 0.2) is 0 Å². The summed E-state index contributed by atoms with van der Waals surface area (Å²) in [5.41, 5.74) is 0. The molecule has 0 aromatic carbocycles. The van der Waals surface area contributed by atoms with E-state index >= 15 is 0 Å². The summed E-state index contributed by atoms with van der Waals surface area (Å²) in [6, 6.07) is 0. The van der Waals surface area contributed by atoms with Gasteiger partial charge in [0.1, 0.15) is 0 Å². The van der Waals surface area contributed by atoms with Crippen molar-refractivity contribution in [3.63, 3.8) is 0 Å². The van der Waals surface area contributed by atoms with E-state index in [9.17, 15) is 14.4 Å². The lowest BCUT2D eigenvalue weighted by molar-refractivity contribution is -0.197. The molecule has 0 N–H and O–H groups in total. The average Bonchev–Trinajstić information content (AvgIpc) is 2.56. The molecule has 1 aliphatic heterocycles. The zero-order chi connectivity index (χ0) is 12.0. The smallest absolute Gasteiger partial charge is 0.330 e. The van der Waals surface area contributed by atoms with Crippen molar-refractivity contribution in [2.45, 2.75) is 51.9 Å². The first-order valence-corrected chi connectivity index (χ1v) is 5.71. The summed E-state index contributed by atoms with van der Waals surface area (Å²) < 4.78 is 0. The highest BCUT2D eigenvalue weighted by molar-refractivity contribution is 6.01. The lowest BCUT2D eigenvalue weighted by Crippen LogP contribution is -2.31. The number of hydroxylamine groups is 2. The SMILES string of the molecule is CCCCCCC(=O)ON1C(=O)CCC1=O. The van der Waals surface area contributed by atoms with E-state index in [1.807, 2.05) is 0 Å². The van der Waals surface area contributed by atoms with Gasteiger partial charge >= 0.3 is 5.97 Å². The standard InChI is InChI=1S/C11H17NO4/c1-2-3-4-5-6-11(15)16-12-9(13)7-8-10(12)14/h2-8H2,1H3. The van der Waals surface area contributed by atoms with Gasteiger partial charge in [-0.15, -0.1) is 5.06 Å². The van der Waals surface area contributed by atoms with E-state index in [0.29, 0.717) is 5.06 Å². The van der Waals surface area contributed by atoms with E-state index in [1.165, 1.54) is 0 Å². The molecule has 0 spiro atoms. The number of unbranched alkanes of at least 4 members (excludes halogenated alkanes) is 3. The molecule has 16 heavy (non-hydrogen) atoms. The van der Waals surface area contributed by atoms with Crippen LogP contribution in [0.2, 0.25) is 0 Å². The molecule has 0 aromatic rings. The third kappa shape index (κ3) is 3.64. The summed E-state index contributed by atoms with van der Waals surface area (Å²) >= 11 is 0. The minimum absolute atomic E-state index is 0.141. The lowest BCUT2D eigenvalue weighted by atomic mass is 10.2. The van der Waals surface area contributed by atoms with Crippen molar-refractivity contribution in [3.05, 3.63) is 0 Å². The van der Waals surface area contributed by atoms with E-state index in [1.54, 1.807) is 0 Å². The third-order valence-corrected chi connectivity index (χ3v) is 2.43. The molecule has 0 radical (unpaired) electrons. The molecule has 0 unspecified atom stereocenters. The first kappa shape index (κ1) is 12.7. The van der Waals surface area contributed by atoms with Gasteiger partial charge in [0.25, 0.3) is 11.8 Å². The Morgan fingerprint density at radius 1 is 1.19 bits per heavy atom. The van der Waals surface area contributed by atoms with Gasteiger partial charge in [0.15, 0.2) is 0 Å². The molecule has 1 aliphatic rings. The van der Waals surface area contributed by atoms with Crippen LogP contribution in [-0.4, -0.2) is 22.8 Å². The molecule has 1 fully saturated rings. The minimum atomic E-state index is -0.500. The minimum Gasteiger partial charge on any atom is -0.330 e. The predicted molar refractivity (Wildman–Crippen MR) is 55.9 cm³/mol. The van der Waals surface area contributed by atoms with Crippen molar-refractivity contribution in [2.75, 3.05) is 0 Å². The second kappa shape index (κ2) is 6.25.